The molecule has 1 aliphatic heterocycles. The number of nitrogens with two attached hydrogens (primary N) is 1. The van der Waals surface area contributed by atoms with E-state index in [1.165, 1.54) is 0 Å². The number of carbonyl (C=O) groups excluding carboxylic acids is 1. The molecule has 2 aromatic rings. The van der Waals surface area contributed by atoms with Crippen molar-refractivity contribution in [3.8, 4) is 11.6 Å². The van der Waals surface area contributed by atoms with Crippen molar-refractivity contribution in [1.29, 1.82) is 0 Å². The van der Waals surface area contributed by atoms with Gasteiger partial charge in [-0.05, 0) is 0 Å². The van der Waals surface area contributed by atoms with E-state index in [1.807, 2.05) is 0 Å². The fourth-order valence-electron chi connectivity index (χ4n) is 1.44. The molecule has 3 heterocycles. The maximum atomic E-state index is 10.8. The lowest BCUT2D eigenvalue weighted by molar-refractivity contribution is 0.0987. The van der Waals surface area contributed by atoms with E-state index in [-0.39, 0.29) is 11.7 Å². The summed E-state index contributed by atoms with van der Waals surface area (Å²) in [6, 6.07) is 0.301. The Morgan fingerprint density at radius 3 is 3.00 bits per heavy atom. The minimum Gasteiger partial charge on any atom is -0.363 e. The molecule has 0 atom stereocenters. The fourth-order valence-corrected chi connectivity index (χ4v) is 1.44. The van der Waals surface area contributed by atoms with Gasteiger partial charge < -0.3 is 15.6 Å². The van der Waals surface area contributed by atoms with E-state index < -0.39 is 5.91 Å². The first kappa shape index (κ1) is 9.90. The van der Waals surface area contributed by atoms with E-state index in [0.29, 0.717) is 11.7 Å². The van der Waals surface area contributed by atoms with Crippen LogP contribution in [-0.2, 0) is 0 Å². The van der Waals surface area contributed by atoms with Crippen LogP contribution in [-0.4, -0.2) is 44.1 Å². The molecule has 0 aromatic carbocycles. The summed E-state index contributed by atoms with van der Waals surface area (Å²) in [5, 5.41) is 14.4. The van der Waals surface area contributed by atoms with E-state index in [4.69, 9.17) is 10.3 Å². The van der Waals surface area contributed by atoms with Gasteiger partial charge in [0.15, 0.2) is 5.69 Å². The molecule has 0 spiro atoms. The molecule has 17 heavy (non-hydrogen) atoms. The summed E-state index contributed by atoms with van der Waals surface area (Å²) in [5.41, 5.74) is 5.44. The second kappa shape index (κ2) is 3.63. The van der Waals surface area contributed by atoms with Crippen LogP contribution in [0.2, 0.25) is 0 Å². The lowest BCUT2D eigenvalue weighted by atomic mass is 10.2. The van der Waals surface area contributed by atoms with Crippen LogP contribution in [0.1, 0.15) is 16.7 Å². The lowest BCUT2D eigenvalue weighted by Gasteiger charge is -2.26. The number of hydrogen-bond acceptors (Lipinski definition) is 7. The van der Waals surface area contributed by atoms with Gasteiger partial charge in [0, 0.05) is 13.1 Å². The van der Waals surface area contributed by atoms with Gasteiger partial charge in [-0.25, -0.2) is 4.68 Å². The minimum absolute atomic E-state index is 0.136. The van der Waals surface area contributed by atoms with Gasteiger partial charge in [0.05, 0.1) is 12.2 Å². The minimum atomic E-state index is -0.740. The van der Waals surface area contributed by atoms with Crippen molar-refractivity contribution in [3.05, 3.63) is 12.0 Å². The summed E-state index contributed by atoms with van der Waals surface area (Å²) < 4.78 is 6.59. The largest absolute Gasteiger partial charge is 0.363 e. The first-order valence-electron chi connectivity index (χ1n) is 5.00. The zero-order valence-corrected chi connectivity index (χ0v) is 8.70. The Bertz CT molecular complexity index is 556. The van der Waals surface area contributed by atoms with Crippen molar-refractivity contribution in [2.45, 2.75) is 6.04 Å². The molecule has 0 radical (unpaired) electrons. The van der Waals surface area contributed by atoms with E-state index in [2.05, 4.69) is 25.8 Å². The standard InChI is InChI=1S/C8H9N7O2/c9-6(16)7-11-8(17-13-7)5-3-15(14-12-5)4-1-10-2-4/h3-4,10H,1-2H2,(H2,9,16). The Morgan fingerprint density at radius 2 is 2.41 bits per heavy atom. The zero-order valence-electron chi connectivity index (χ0n) is 8.70. The Morgan fingerprint density at radius 1 is 1.59 bits per heavy atom. The number of hydrogen-bond donors (Lipinski definition) is 2. The van der Waals surface area contributed by atoms with Gasteiger partial charge in [-0.1, -0.05) is 10.4 Å². The van der Waals surface area contributed by atoms with Gasteiger partial charge in [-0.15, -0.1) is 5.10 Å². The van der Waals surface area contributed by atoms with Crippen LogP contribution in [0.15, 0.2) is 10.7 Å². The highest BCUT2D eigenvalue weighted by Crippen LogP contribution is 2.16. The van der Waals surface area contributed by atoms with Crippen molar-refractivity contribution in [2.75, 3.05) is 13.1 Å². The SMILES string of the molecule is NC(=O)c1noc(-c2cn(C3CNC3)nn2)n1. The van der Waals surface area contributed by atoms with Crippen LogP contribution < -0.4 is 11.1 Å². The third-order valence-electron chi connectivity index (χ3n) is 2.51. The molecule has 0 saturated carbocycles. The molecular weight excluding hydrogens is 226 g/mol. The normalized spacial score (nSPS) is 15.8. The van der Waals surface area contributed by atoms with Crippen LogP contribution >= 0.6 is 0 Å². The summed E-state index contributed by atoms with van der Waals surface area (Å²) >= 11 is 0. The van der Waals surface area contributed by atoms with E-state index in [9.17, 15) is 4.79 Å². The fraction of sp³-hybridized carbons (Fsp3) is 0.375. The Labute approximate surface area is 95.0 Å². The molecule has 0 aliphatic carbocycles. The maximum Gasteiger partial charge on any atom is 0.290 e. The van der Waals surface area contributed by atoms with E-state index in [1.54, 1.807) is 10.9 Å². The highest BCUT2D eigenvalue weighted by molar-refractivity contribution is 5.88. The van der Waals surface area contributed by atoms with Crippen molar-refractivity contribution < 1.29 is 9.32 Å². The topological polar surface area (TPSA) is 125 Å². The predicted molar refractivity (Wildman–Crippen MR) is 53.7 cm³/mol. The third kappa shape index (κ3) is 1.65. The number of nitrogens with one attached hydrogen (secondary N) is 1. The average Bonchev–Trinajstić information content (AvgIpc) is 2.80. The number of carbonyl (C=O) groups is 1. The molecular formula is C8H9N7O2. The van der Waals surface area contributed by atoms with Crippen LogP contribution in [0.4, 0.5) is 0 Å². The van der Waals surface area contributed by atoms with Gasteiger partial charge in [-0.2, -0.15) is 4.98 Å². The zero-order chi connectivity index (χ0) is 11.8. The number of aromatic nitrogens is 5. The molecule has 2 aromatic heterocycles. The maximum absolute atomic E-state index is 10.8. The highest BCUT2D eigenvalue weighted by Gasteiger charge is 2.22. The van der Waals surface area contributed by atoms with Gasteiger partial charge >= 0.3 is 0 Å². The molecule has 1 fully saturated rings. The van der Waals surface area contributed by atoms with Crippen molar-refractivity contribution in [3.63, 3.8) is 0 Å². The van der Waals surface area contributed by atoms with Crippen LogP contribution in [0.25, 0.3) is 11.6 Å². The van der Waals surface area contributed by atoms with E-state index >= 15 is 0 Å². The van der Waals surface area contributed by atoms with Crippen molar-refractivity contribution in [1.82, 2.24) is 30.5 Å². The smallest absolute Gasteiger partial charge is 0.290 e. The second-order valence-corrected chi connectivity index (χ2v) is 3.68. The summed E-state index contributed by atoms with van der Waals surface area (Å²) in [5.74, 6) is -0.771. The molecule has 0 unspecified atom stereocenters. The molecule has 3 N–H and O–H groups in total. The number of rotatable bonds is 3. The molecule has 1 amide bonds. The molecule has 3 rings (SSSR count). The lowest BCUT2D eigenvalue weighted by Crippen LogP contribution is -2.43. The van der Waals surface area contributed by atoms with Gasteiger partial charge in [0.2, 0.25) is 0 Å². The van der Waals surface area contributed by atoms with Crippen molar-refractivity contribution in [2.24, 2.45) is 5.73 Å². The molecule has 9 heteroatoms. The summed E-state index contributed by atoms with van der Waals surface area (Å²) in [6.07, 6.45) is 1.70. The average molecular weight is 235 g/mol. The van der Waals surface area contributed by atoms with Gasteiger partial charge in [0.1, 0.15) is 0 Å². The number of nitrogens with zero attached hydrogens (tertiary/aromatic N) is 5. The molecule has 1 aliphatic rings. The molecule has 0 bridgehead atoms. The van der Waals surface area contributed by atoms with Crippen LogP contribution in [0.5, 0.6) is 0 Å². The van der Waals surface area contributed by atoms with Gasteiger partial charge in [0.25, 0.3) is 17.6 Å². The monoisotopic (exact) mass is 235 g/mol. The highest BCUT2D eigenvalue weighted by atomic mass is 16.5. The third-order valence-corrected chi connectivity index (χ3v) is 2.51. The Kier molecular flexibility index (Phi) is 2.11. The summed E-state index contributed by atoms with van der Waals surface area (Å²) in [6.45, 7) is 1.72. The second-order valence-electron chi connectivity index (χ2n) is 3.68. The summed E-state index contributed by atoms with van der Waals surface area (Å²) in [7, 11) is 0. The molecule has 9 nitrogen and oxygen atoms in total. The van der Waals surface area contributed by atoms with Gasteiger partial charge in [-0.3, -0.25) is 4.79 Å². The Balaban J connectivity index is 1.87. The first-order valence-corrected chi connectivity index (χ1v) is 5.00. The summed E-state index contributed by atoms with van der Waals surface area (Å²) in [4.78, 5) is 14.6. The van der Waals surface area contributed by atoms with Crippen molar-refractivity contribution >= 4 is 5.91 Å². The predicted octanol–water partition coefficient (Wildman–Crippen LogP) is -1.43. The first-order chi connectivity index (χ1) is 8.24. The number of amides is 1. The molecule has 1 saturated heterocycles. The van der Waals surface area contributed by atoms with E-state index in [0.717, 1.165) is 13.1 Å². The Hall–Kier alpha value is -2.29. The van der Waals surface area contributed by atoms with Crippen LogP contribution in [0, 0.1) is 0 Å². The number of primary amides is 1. The molecule has 88 valence electrons. The van der Waals surface area contributed by atoms with Crippen LogP contribution in [0.3, 0.4) is 0 Å². The quantitative estimate of drug-likeness (QED) is 0.668.